The van der Waals surface area contributed by atoms with Crippen molar-refractivity contribution in [3.05, 3.63) is 58.5 Å². The number of likely N-dealkylation sites (tertiary alicyclic amines) is 1. The van der Waals surface area contributed by atoms with E-state index < -0.39 is 11.9 Å². The van der Waals surface area contributed by atoms with E-state index >= 15 is 0 Å². The average Bonchev–Trinajstić information content (AvgIpc) is 2.71. The van der Waals surface area contributed by atoms with Crippen molar-refractivity contribution in [3.8, 4) is 5.88 Å². The van der Waals surface area contributed by atoms with Gasteiger partial charge in [-0.3, -0.25) is 9.69 Å². The number of primary amides is 1. The van der Waals surface area contributed by atoms with E-state index in [1.807, 2.05) is 12.1 Å². The highest BCUT2D eigenvalue weighted by atomic mass is 35.5. The second kappa shape index (κ2) is 10.0. The number of ether oxygens (including phenoxy) is 2. The molecule has 0 bridgehead atoms. The lowest BCUT2D eigenvalue weighted by molar-refractivity contribution is -0.125. The number of nitrogens with zero attached hydrogens (tertiary/aromatic N) is 2. The van der Waals surface area contributed by atoms with Gasteiger partial charge in [0, 0.05) is 35.4 Å². The molecule has 8 heteroatoms. The van der Waals surface area contributed by atoms with Gasteiger partial charge in [0.05, 0.1) is 6.61 Å². The molecule has 3 rings (SSSR count). The Kier molecular flexibility index (Phi) is 7.41. The first-order valence-electron chi connectivity index (χ1n) is 9.54. The zero-order valence-corrected chi connectivity index (χ0v) is 17.1. The Morgan fingerprint density at radius 2 is 2.10 bits per heavy atom. The van der Waals surface area contributed by atoms with Crippen LogP contribution < -0.4 is 10.5 Å². The van der Waals surface area contributed by atoms with Crippen molar-refractivity contribution >= 4 is 17.5 Å². The molecule has 1 unspecified atom stereocenters. The molecule has 1 amide bonds. The summed E-state index contributed by atoms with van der Waals surface area (Å²) in [6, 6.07) is 9.71. The Morgan fingerprint density at radius 3 is 2.76 bits per heavy atom. The first kappa shape index (κ1) is 21.5. The zero-order valence-electron chi connectivity index (χ0n) is 16.3. The van der Waals surface area contributed by atoms with Gasteiger partial charge < -0.3 is 15.2 Å². The van der Waals surface area contributed by atoms with Gasteiger partial charge in [0.2, 0.25) is 11.8 Å². The van der Waals surface area contributed by atoms with Crippen LogP contribution in [0, 0.1) is 5.82 Å². The van der Waals surface area contributed by atoms with Crippen molar-refractivity contribution in [2.45, 2.75) is 31.4 Å². The number of methoxy groups -OCH3 is 1. The molecular weight excluding hydrogens is 397 g/mol. The number of carbonyl (C=O) groups excluding carboxylic acids is 1. The maximum Gasteiger partial charge on any atom is 0.237 e. The summed E-state index contributed by atoms with van der Waals surface area (Å²) in [5, 5.41) is 0.349. The number of amides is 1. The molecule has 6 nitrogen and oxygen atoms in total. The van der Waals surface area contributed by atoms with Crippen LogP contribution in [0.5, 0.6) is 5.88 Å². The van der Waals surface area contributed by atoms with Crippen LogP contribution in [0.4, 0.5) is 4.39 Å². The van der Waals surface area contributed by atoms with Crippen LogP contribution in [0.1, 0.15) is 30.0 Å². The molecule has 0 spiro atoms. The van der Waals surface area contributed by atoms with Crippen molar-refractivity contribution in [1.29, 1.82) is 0 Å². The van der Waals surface area contributed by atoms with Gasteiger partial charge in [-0.25, -0.2) is 9.37 Å². The van der Waals surface area contributed by atoms with E-state index in [0.29, 0.717) is 23.1 Å². The first-order chi connectivity index (χ1) is 14.0. The van der Waals surface area contributed by atoms with E-state index in [-0.39, 0.29) is 18.4 Å². The second-order valence-corrected chi connectivity index (χ2v) is 7.55. The number of aromatic nitrogens is 1. The average molecular weight is 422 g/mol. The molecule has 1 aliphatic rings. The van der Waals surface area contributed by atoms with E-state index in [2.05, 4.69) is 9.88 Å². The van der Waals surface area contributed by atoms with Crippen LogP contribution in [-0.4, -0.2) is 48.6 Å². The van der Waals surface area contributed by atoms with Crippen LogP contribution >= 0.6 is 11.6 Å². The van der Waals surface area contributed by atoms with Gasteiger partial charge in [0.25, 0.3) is 0 Å². The van der Waals surface area contributed by atoms with Gasteiger partial charge in [-0.15, -0.1) is 0 Å². The summed E-state index contributed by atoms with van der Waals surface area (Å²) in [7, 11) is 1.56. The Hall–Kier alpha value is -2.22. The largest absolute Gasteiger partial charge is 0.473 e. The predicted molar refractivity (Wildman–Crippen MR) is 108 cm³/mol. The minimum absolute atomic E-state index is 0.0786. The second-order valence-electron chi connectivity index (χ2n) is 7.11. The van der Waals surface area contributed by atoms with Crippen molar-refractivity contribution in [2.75, 3.05) is 26.8 Å². The Bertz CT molecular complexity index is 844. The van der Waals surface area contributed by atoms with Crippen LogP contribution in [0.2, 0.25) is 5.02 Å². The first-order valence-corrected chi connectivity index (χ1v) is 9.91. The molecule has 1 atom stereocenters. The Morgan fingerprint density at radius 1 is 1.34 bits per heavy atom. The van der Waals surface area contributed by atoms with Gasteiger partial charge >= 0.3 is 0 Å². The molecule has 2 N–H and O–H groups in total. The van der Waals surface area contributed by atoms with Crippen LogP contribution in [0.15, 0.2) is 36.4 Å². The van der Waals surface area contributed by atoms with Crippen molar-refractivity contribution in [2.24, 2.45) is 5.73 Å². The highest BCUT2D eigenvalue weighted by molar-refractivity contribution is 6.30. The van der Waals surface area contributed by atoms with Gasteiger partial charge in [0.15, 0.2) is 0 Å². The van der Waals surface area contributed by atoms with E-state index in [4.69, 9.17) is 26.8 Å². The molecule has 0 saturated carbocycles. The maximum absolute atomic E-state index is 13.9. The maximum atomic E-state index is 13.9. The Labute approximate surface area is 174 Å². The van der Waals surface area contributed by atoms with Crippen LogP contribution in [0.3, 0.4) is 0 Å². The minimum Gasteiger partial charge on any atom is -0.473 e. The molecule has 1 aromatic carbocycles. The summed E-state index contributed by atoms with van der Waals surface area (Å²) in [5.74, 6) is -0.0545. The number of pyridine rings is 1. The van der Waals surface area contributed by atoms with Gasteiger partial charge in [-0.2, -0.15) is 0 Å². The molecule has 1 fully saturated rings. The lowest BCUT2D eigenvalue weighted by atomic mass is 9.92. The summed E-state index contributed by atoms with van der Waals surface area (Å²) in [4.78, 5) is 18.3. The lowest BCUT2D eigenvalue weighted by Gasteiger charge is -2.35. The third kappa shape index (κ3) is 5.65. The predicted octanol–water partition coefficient (Wildman–Crippen LogP) is 3.13. The molecule has 2 heterocycles. The molecule has 156 valence electrons. The fraction of sp³-hybridized carbons (Fsp3) is 0.429. The third-order valence-electron chi connectivity index (χ3n) is 5.18. The van der Waals surface area contributed by atoms with Gasteiger partial charge in [-0.05, 0) is 44.1 Å². The van der Waals surface area contributed by atoms with Crippen LogP contribution in [0.25, 0.3) is 0 Å². The molecular formula is C21H25ClFN3O3. The Balaban J connectivity index is 1.59. The number of halogens is 2. The fourth-order valence-corrected chi connectivity index (χ4v) is 3.72. The SMILES string of the molecule is COCC(C(N)=O)N1CCC(c2cccc(OCc3ccc(Cl)cc3F)n2)CC1. The summed E-state index contributed by atoms with van der Waals surface area (Å²) in [6.07, 6.45) is 1.71. The number of hydrogen-bond donors (Lipinski definition) is 1. The van der Waals surface area contributed by atoms with Crippen molar-refractivity contribution < 1.29 is 18.7 Å². The number of rotatable bonds is 8. The van der Waals surface area contributed by atoms with Crippen molar-refractivity contribution in [3.63, 3.8) is 0 Å². The van der Waals surface area contributed by atoms with Crippen LogP contribution in [-0.2, 0) is 16.1 Å². The molecule has 2 aromatic rings. The molecule has 29 heavy (non-hydrogen) atoms. The number of piperidine rings is 1. The number of hydrogen-bond acceptors (Lipinski definition) is 5. The molecule has 0 radical (unpaired) electrons. The summed E-state index contributed by atoms with van der Waals surface area (Å²) in [5.41, 5.74) is 6.85. The standard InChI is InChI=1S/C21H25ClFN3O3/c1-28-13-19(21(24)27)26-9-7-14(8-10-26)18-3-2-4-20(25-18)29-12-15-5-6-16(22)11-17(15)23/h2-6,11,14,19H,7-10,12-13H2,1H3,(H2,24,27). The van der Waals surface area contributed by atoms with Gasteiger partial charge in [0.1, 0.15) is 18.5 Å². The highest BCUT2D eigenvalue weighted by Gasteiger charge is 2.29. The summed E-state index contributed by atoms with van der Waals surface area (Å²) < 4.78 is 24.7. The third-order valence-corrected chi connectivity index (χ3v) is 5.41. The normalized spacial score (nSPS) is 16.5. The molecule has 1 saturated heterocycles. The van der Waals surface area contributed by atoms with E-state index in [1.54, 1.807) is 25.3 Å². The van der Waals surface area contributed by atoms with E-state index in [1.165, 1.54) is 6.07 Å². The smallest absolute Gasteiger partial charge is 0.237 e. The van der Waals surface area contributed by atoms with Gasteiger partial charge in [-0.1, -0.05) is 23.7 Å². The number of carbonyl (C=O) groups is 1. The summed E-state index contributed by atoms with van der Waals surface area (Å²) >= 11 is 5.78. The highest BCUT2D eigenvalue weighted by Crippen LogP contribution is 2.29. The van der Waals surface area contributed by atoms with E-state index in [0.717, 1.165) is 31.6 Å². The molecule has 0 aliphatic carbocycles. The fourth-order valence-electron chi connectivity index (χ4n) is 3.56. The van der Waals surface area contributed by atoms with Crippen molar-refractivity contribution in [1.82, 2.24) is 9.88 Å². The molecule has 1 aliphatic heterocycles. The zero-order chi connectivity index (χ0) is 20.8. The molecule has 1 aromatic heterocycles. The minimum atomic E-state index is -0.405. The van der Waals surface area contributed by atoms with E-state index in [9.17, 15) is 9.18 Å². The monoisotopic (exact) mass is 421 g/mol. The quantitative estimate of drug-likeness (QED) is 0.708. The lowest BCUT2D eigenvalue weighted by Crippen LogP contribution is -2.50. The topological polar surface area (TPSA) is 77.7 Å². The summed E-state index contributed by atoms with van der Waals surface area (Å²) in [6.45, 7) is 1.85. The number of nitrogens with two attached hydrogens (primary N) is 1. The number of benzene rings is 1.